The second-order valence-corrected chi connectivity index (χ2v) is 5.79. The fourth-order valence-electron chi connectivity index (χ4n) is 2.52. The van der Waals surface area contributed by atoms with Crippen molar-refractivity contribution in [3.05, 3.63) is 51.9 Å². The molecule has 2 aromatic heterocycles. The highest BCUT2D eigenvalue weighted by Crippen LogP contribution is 2.44. The summed E-state index contributed by atoms with van der Waals surface area (Å²) in [5.74, 6) is 0.328. The summed E-state index contributed by atoms with van der Waals surface area (Å²) >= 11 is 1.72. The van der Waals surface area contributed by atoms with E-state index in [9.17, 15) is 5.11 Å². The van der Waals surface area contributed by atoms with Crippen LogP contribution in [0.5, 0.6) is 5.75 Å². The number of phenolic OH excluding ortho intramolecular Hbond substituents is 1. The van der Waals surface area contributed by atoms with Crippen LogP contribution in [0, 0.1) is 0 Å². The number of nitrogens with zero attached hydrogens (tertiary/aromatic N) is 2. The highest BCUT2D eigenvalue weighted by molar-refractivity contribution is 7.12. The second kappa shape index (κ2) is 3.93. The van der Waals surface area contributed by atoms with Gasteiger partial charge in [-0.15, -0.1) is 11.3 Å². The largest absolute Gasteiger partial charge is 0.507 e. The first-order valence-electron chi connectivity index (χ1n) is 6.08. The highest BCUT2D eigenvalue weighted by Gasteiger charge is 2.25. The van der Waals surface area contributed by atoms with E-state index < -0.39 is 0 Å². The van der Waals surface area contributed by atoms with Gasteiger partial charge in [-0.25, -0.2) is 9.97 Å². The minimum Gasteiger partial charge on any atom is -0.507 e. The van der Waals surface area contributed by atoms with E-state index in [1.165, 1.54) is 10.4 Å². The molecule has 94 valence electrons. The van der Waals surface area contributed by atoms with Crippen molar-refractivity contribution < 1.29 is 5.11 Å². The van der Waals surface area contributed by atoms with E-state index in [1.54, 1.807) is 23.7 Å². The zero-order valence-electron chi connectivity index (χ0n) is 10.1. The van der Waals surface area contributed by atoms with Gasteiger partial charge in [0.1, 0.15) is 5.75 Å². The average molecular weight is 269 g/mol. The van der Waals surface area contributed by atoms with Crippen LogP contribution in [-0.2, 0) is 12.8 Å². The zero-order valence-corrected chi connectivity index (χ0v) is 10.9. The van der Waals surface area contributed by atoms with Crippen LogP contribution < -0.4 is 0 Å². The number of rotatable bonds is 2. The first-order chi connectivity index (χ1) is 9.31. The summed E-state index contributed by atoms with van der Waals surface area (Å²) in [6, 6.07) is 5.66. The van der Waals surface area contributed by atoms with Gasteiger partial charge in [0.2, 0.25) is 0 Å². The molecule has 0 spiro atoms. The molecular weight excluding hydrogens is 258 g/mol. The summed E-state index contributed by atoms with van der Waals surface area (Å²) in [6.45, 7) is 0. The van der Waals surface area contributed by atoms with Crippen LogP contribution in [0.4, 0.5) is 0 Å². The predicted octanol–water partition coefficient (Wildman–Crippen LogP) is 2.73. The molecule has 3 aromatic rings. The molecule has 0 radical (unpaired) electrons. The van der Waals surface area contributed by atoms with Gasteiger partial charge >= 0.3 is 0 Å². The van der Waals surface area contributed by atoms with Crippen LogP contribution in [0.25, 0.3) is 11.3 Å². The Bertz CT molecular complexity index is 746. The maximum Gasteiger partial charge on any atom is 0.125 e. The number of nitrogens with one attached hydrogen (secondary N) is 1. The number of imidazole rings is 1. The Labute approximate surface area is 113 Å². The zero-order chi connectivity index (χ0) is 12.8. The van der Waals surface area contributed by atoms with Crippen LogP contribution >= 0.6 is 11.3 Å². The molecule has 0 saturated carbocycles. The standard InChI is InChI=1S/C14H11N3OS/c18-10-3-1-2-8-4-11-14(13(8)10)17-12(19-11)5-9-6-15-7-16-9/h1-3,6-7,18H,4-5H2,(H,15,16). The van der Waals surface area contributed by atoms with E-state index in [0.717, 1.165) is 34.8 Å². The number of aromatic nitrogens is 3. The van der Waals surface area contributed by atoms with Crippen LogP contribution in [-0.4, -0.2) is 20.1 Å². The molecule has 1 aliphatic carbocycles. The molecule has 2 N–H and O–H groups in total. The SMILES string of the molecule is Oc1cccc2c1-c1nc(Cc3cnc[nH]3)sc1C2. The van der Waals surface area contributed by atoms with Crippen LogP contribution in [0.15, 0.2) is 30.7 Å². The molecule has 2 heterocycles. The summed E-state index contributed by atoms with van der Waals surface area (Å²) in [6.07, 6.45) is 5.13. The lowest BCUT2D eigenvalue weighted by Gasteiger charge is -2.01. The molecule has 4 nitrogen and oxygen atoms in total. The van der Waals surface area contributed by atoms with Crippen molar-refractivity contribution >= 4 is 11.3 Å². The maximum atomic E-state index is 9.99. The number of hydrogen-bond acceptors (Lipinski definition) is 4. The lowest BCUT2D eigenvalue weighted by atomic mass is 10.1. The molecule has 5 heteroatoms. The number of phenols is 1. The van der Waals surface area contributed by atoms with Gasteiger partial charge in [-0.05, 0) is 11.6 Å². The predicted molar refractivity (Wildman–Crippen MR) is 73.4 cm³/mol. The molecule has 0 amide bonds. The van der Waals surface area contributed by atoms with Gasteiger partial charge in [0.05, 0.1) is 17.0 Å². The van der Waals surface area contributed by atoms with Gasteiger partial charge in [0, 0.05) is 35.2 Å². The molecule has 0 aliphatic heterocycles. The van der Waals surface area contributed by atoms with Crippen molar-refractivity contribution in [3.8, 4) is 17.0 Å². The Hall–Kier alpha value is -2.14. The maximum absolute atomic E-state index is 9.99. The van der Waals surface area contributed by atoms with Crippen molar-refractivity contribution in [1.29, 1.82) is 0 Å². The van der Waals surface area contributed by atoms with E-state index >= 15 is 0 Å². The van der Waals surface area contributed by atoms with Crippen molar-refractivity contribution in [2.45, 2.75) is 12.8 Å². The van der Waals surface area contributed by atoms with E-state index in [2.05, 4.69) is 21.0 Å². The van der Waals surface area contributed by atoms with Gasteiger partial charge in [-0.1, -0.05) is 12.1 Å². The smallest absolute Gasteiger partial charge is 0.125 e. The minimum atomic E-state index is 0.328. The Balaban J connectivity index is 1.75. The highest BCUT2D eigenvalue weighted by atomic mass is 32.1. The number of hydrogen-bond donors (Lipinski definition) is 2. The van der Waals surface area contributed by atoms with Gasteiger partial charge in [0.15, 0.2) is 0 Å². The number of fused-ring (bicyclic) bond motifs is 3. The van der Waals surface area contributed by atoms with Gasteiger partial charge in [-0.3, -0.25) is 0 Å². The summed E-state index contributed by atoms with van der Waals surface area (Å²) in [5, 5.41) is 11.1. The molecule has 0 unspecified atom stereocenters. The third-order valence-corrected chi connectivity index (χ3v) is 4.41. The first kappa shape index (κ1) is 10.8. The molecule has 4 rings (SSSR count). The van der Waals surface area contributed by atoms with Crippen LogP contribution in [0.2, 0.25) is 0 Å². The van der Waals surface area contributed by atoms with Crippen molar-refractivity contribution in [2.75, 3.05) is 0 Å². The van der Waals surface area contributed by atoms with Gasteiger partial charge < -0.3 is 10.1 Å². The molecule has 1 aliphatic rings. The molecule has 0 bridgehead atoms. The molecule has 19 heavy (non-hydrogen) atoms. The van der Waals surface area contributed by atoms with Crippen molar-refractivity contribution in [3.63, 3.8) is 0 Å². The Morgan fingerprint density at radius 3 is 3.16 bits per heavy atom. The Morgan fingerprint density at radius 1 is 1.37 bits per heavy atom. The fraction of sp³-hybridized carbons (Fsp3) is 0.143. The molecule has 0 saturated heterocycles. The monoisotopic (exact) mass is 269 g/mol. The van der Waals surface area contributed by atoms with Crippen LogP contribution in [0.3, 0.4) is 0 Å². The molecular formula is C14H11N3OS. The quantitative estimate of drug-likeness (QED) is 0.588. The van der Waals surface area contributed by atoms with Crippen LogP contribution in [0.1, 0.15) is 21.1 Å². The normalized spacial score (nSPS) is 12.4. The third kappa shape index (κ3) is 1.66. The molecule has 0 fully saturated rings. The lowest BCUT2D eigenvalue weighted by Crippen LogP contribution is -1.88. The summed E-state index contributed by atoms with van der Waals surface area (Å²) in [7, 11) is 0. The first-order valence-corrected chi connectivity index (χ1v) is 6.90. The van der Waals surface area contributed by atoms with E-state index in [1.807, 2.05) is 12.3 Å². The second-order valence-electron chi connectivity index (χ2n) is 4.62. The number of aromatic amines is 1. The third-order valence-electron chi connectivity index (χ3n) is 3.35. The van der Waals surface area contributed by atoms with E-state index in [0.29, 0.717) is 5.75 Å². The van der Waals surface area contributed by atoms with Gasteiger partial charge in [-0.2, -0.15) is 0 Å². The molecule has 0 atom stereocenters. The van der Waals surface area contributed by atoms with E-state index in [4.69, 9.17) is 0 Å². The fourth-order valence-corrected chi connectivity index (χ4v) is 3.64. The lowest BCUT2D eigenvalue weighted by molar-refractivity contribution is 0.477. The Kier molecular flexibility index (Phi) is 2.22. The summed E-state index contributed by atoms with van der Waals surface area (Å²) in [5.41, 5.74) is 4.09. The van der Waals surface area contributed by atoms with Crippen molar-refractivity contribution in [1.82, 2.24) is 15.0 Å². The number of thiazole rings is 1. The van der Waals surface area contributed by atoms with Gasteiger partial charge in [0.25, 0.3) is 0 Å². The number of benzene rings is 1. The Morgan fingerprint density at radius 2 is 2.32 bits per heavy atom. The van der Waals surface area contributed by atoms with Crippen molar-refractivity contribution in [2.24, 2.45) is 0 Å². The molecule has 1 aromatic carbocycles. The number of H-pyrrole nitrogens is 1. The average Bonchev–Trinajstić information content (AvgIpc) is 3.05. The summed E-state index contributed by atoms with van der Waals surface area (Å²) in [4.78, 5) is 13.0. The number of aromatic hydroxyl groups is 1. The minimum absolute atomic E-state index is 0.328. The topological polar surface area (TPSA) is 61.8 Å². The summed E-state index contributed by atoms with van der Waals surface area (Å²) < 4.78 is 0. The van der Waals surface area contributed by atoms with E-state index in [-0.39, 0.29) is 0 Å².